The van der Waals surface area contributed by atoms with Crippen LogP contribution < -0.4 is 21.5 Å². The zero-order valence-electron chi connectivity index (χ0n) is 15.2. The summed E-state index contributed by atoms with van der Waals surface area (Å²) in [5, 5.41) is 2.32. The van der Waals surface area contributed by atoms with Crippen LogP contribution >= 0.6 is 15.9 Å². The third-order valence-electron chi connectivity index (χ3n) is 4.91. The van der Waals surface area contributed by atoms with Crippen molar-refractivity contribution in [3.05, 3.63) is 76.5 Å². The molecule has 2 aromatic heterocycles. The minimum atomic E-state index is 0. The van der Waals surface area contributed by atoms with E-state index in [1.807, 2.05) is 36.4 Å². The van der Waals surface area contributed by atoms with Gasteiger partial charge in [-0.05, 0) is 56.3 Å². The molecule has 0 amide bonds. The molecule has 27 heavy (non-hydrogen) atoms. The highest BCUT2D eigenvalue weighted by Crippen LogP contribution is 2.29. The first-order valence-electron chi connectivity index (χ1n) is 8.87. The number of carbonyl (C=O) groups is 1. The summed E-state index contributed by atoms with van der Waals surface area (Å²) in [5.74, 6) is 0.0519. The number of aryl methyl sites for hydroxylation is 2. The van der Waals surface area contributed by atoms with E-state index in [4.69, 9.17) is 0 Å². The molecule has 0 saturated carbocycles. The summed E-state index contributed by atoms with van der Waals surface area (Å²) in [6, 6.07) is 15.7. The van der Waals surface area contributed by atoms with Gasteiger partial charge in [0, 0.05) is 39.1 Å². The maximum absolute atomic E-state index is 12.9. The summed E-state index contributed by atoms with van der Waals surface area (Å²) in [6.07, 6.45) is 4.29. The van der Waals surface area contributed by atoms with Crippen molar-refractivity contribution in [3.63, 3.8) is 0 Å². The van der Waals surface area contributed by atoms with E-state index in [1.54, 1.807) is 0 Å². The molecular formula is C22H20Br2N2O. The van der Waals surface area contributed by atoms with Gasteiger partial charge >= 0.3 is 0 Å². The molecule has 138 valence electrons. The van der Waals surface area contributed by atoms with Gasteiger partial charge in [-0.2, -0.15) is 0 Å². The molecule has 0 aliphatic heterocycles. The van der Waals surface area contributed by atoms with Crippen LogP contribution in [0.25, 0.3) is 21.8 Å². The molecule has 4 aromatic rings. The summed E-state index contributed by atoms with van der Waals surface area (Å²) in [5.41, 5.74) is 3.81. The van der Waals surface area contributed by atoms with E-state index in [-0.39, 0.29) is 22.8 Å². The van der Waals surface area contributed by atoms with Crippen molar-refractivity contribution in [2.24, 2.45) is 0 Å². The SMILES string of the molecule is CCn1c2ccc(C(=O)c3ccc(Br)cc3)cc2c2c[n+](CC)ccc21.[Br-]. The number of carbonyl (C=O) groups excluding carboxylic acids is 1. The Morgan fingerprint density at radius 1 is 0.963 bits per heavy atom. The molecule has 0 unspecified atom stereocenters. The number of benzene rings is 2. The number of halogens is 2. The minimum absolute atomic E-state index is 0. The van der Waals surface area contributed by atoms with Crippen molar-refractivity contribution in [1.29, 1.82) is 0 Å². The Bertz CT molecular complexity index is 1130. The van der Waals surface area contributed by atoms with Crippen molar-refractivity contribution < 1.29 is 26.3 Å². The first kappa shape index (κ1) is 19.8. The third-order valence-corrected chi connectivity index (χ3v) is 5.44. The summed E-state index contributed by atoms with van der Waals surface area (Å²) < 4.78 is 5.45. The molecule has 2 heterocycles. The van der Waals surface area contributed by atoms with Crippen molar-refractivity contribution in [3.8, 4) is 0 Å². The van der Waals surface area contributed by atoms with Crippen LogP contribution in [0.3, 0.4) is 0 Å². The molecule has 2 aromatic carbocycles. The summed E-state index contributed by atoms with van der Waals surface area (Å²) in [6.45, 7) is 6.11. The Labute approximate surface area is 177 Å². The lowest BCUT2D eigenvalue weighted by molar-refractivity contribution is -0.692. The van der Waals surface area contributed by atoms with Crippen LogP contribution in [-0.2, 0) is 13.1 Å². The first-order chi connectivity index (χ1) is 12.6. The number of hydrogen-bond acceptors (Lipinski definition) is 1. The van der Waals surface area contributed by atoms with Gasteiger partial charge in [-0.3, -0.25) is 4.79 Å². The second-order valence-corrected chi connectivity index (χ2v) is 7.30. The molecule has 0 radical (unpaired) electrons. The molecule has 0 aliphatic rings. The molecule has 0 N–H and O–H groups in total. The second-order valence-electron chi connectivity index (χ2n) is 6.39. The number of pyridine rings is 1. The van der Waals surface area contributed by atoms with E-state index in [0.29, 0.717) is 5.56 Å². The monoisotopic (exact) mass is 486 g/mol. The second kappa shape index (κ2) is 7.95. The van der Waals surface area contributed by atoms with E-state index in [2.05, 4.69) is 63.4 Å². The third kappa shape index (κ3) is 3.46. The van der Waals surface area contributed by atoms with Crippen molar-refractivity contribution in [2.75, 3.05) is 0 Å². The summed E-state index contributed by atoms with van der Waals surface area (Å²) in [7, 11) is 0. The van der Waals surface area contributed by atoms with Gasteiger partial charge in [-0.15, -0.1) is 0 Å². The highest BCUT2D eigenvalue weighted by atomic mass is 79.9. The molecule has 5 heteroatoms. The van der Waals surface area contributed by atoms with Crippen LogP contribution in [-0.4, -0.2) is 10.4 Å². The number of hydrogen-bond donors (Lipinski definition) is 0. The van der Waals surface area contributed by atoms with Crippen LogP contribution in [0.2, 0.25) is 0 Å². The highest BCUT2D eigenvalue weighted by molar-refractivity contribution is 9.10. The molecule has 3 nitrogen and oxygen atoms in total. The van der Waals surface area contributed by atoms with Crippen molar-refractivity contribution >= 4 is 43.5 Å². The number of rotatable bonds is 4. The van der Waals surface area contributed by atoms with E-state index < -0.39 is 0 Å². The molecule has 0 spiro atoms. The maximum atomic E-state index is 12.9. The number of fused-ring (bicyclic) bond motifs is 3. The van der Waals surface area contributed by atoms with Crippen LogP contribution in [0.1, 0.15) is 29.8 Å². The first-order valence-corrected chi connectivity index (χ1v) is 9.67. The zero-order chi connectivity index (χ0) is 18.3. The Morgan fingerprint density at radius 2 is 1.63 bits per heavy atom. The lowest BCUT2D eigenvalue weighted by atomic mass is 10.0. The fourth-order valence-corrected chi connectivity index (χ4v) is 3.80. The molecule has 0 fully saturated rings. The molecular weight excluding hydrogens is 468 g/mol. The van der Waals surface area contributed by atoms with Crippen LogP contribution in [0, 0.1) is 0 Å². The summed E-state index contributed by atoms with van der Waals surface area (Å²) >= 11 is 3.42. The predicted molar refractivity (Wildman–Crippen MR) is 109 cm³/mol. The molecule has 0 aliphatic carbocycles. The minimum Gasteiger partial charge on any atom is -1.00 e. The van der Waals surface area contributed by atoms with Gasteiger partial charge < -0.3 is 21.5 Å². The Morgan fingerprint density at radius 3 is 2.30 bits per heavy atom. The van der Waals surface area contributed by atoms with Gasteiger partial charge in [-0.25, -0.2) is 4.57 Å². The van der Waals surface area contributed by atoms with Gasteiger partial charge in [0.1, 0.15) is 6.54 Å². The predicted octanol–water partition coefficient (Wildman–Crippen LogP) is 2.12. The van der Waals surface area contributed by atoms with Crippen molar-refractivity contribution in [1.82, 2.24) is 4.57 Å². The van der Waals surface area contributed by atoms with Gasteiger partial charge in [0.15, 0.2) is 18.2 Å². The van der Waals surface area contributed by atoms with E-state index >= 15 is 0 Å². The van der Waals surface area contributed by atoms with Gasteiger partial charge in [0.05, 0.1) is 10.9 Å². The normalized spacial score (nSPS) is 10.9. The van der Waals surface area contributed by atoms with Crippen molar-refractivity contribution in [2.45, 2.75) is 26.9 Å². The number of ketones is 1. The van der Waals surface area contributed by atoms with E-state index in [1.165, 1.54) is 16.4 Å². The number of aromatic nitrogens is 2. The molecule has 0 atom stereocenters. The maximum Gasteiger partial charge on any atom is 0.193 e. The van der Waals surface area contributed by atoms with Crippen LogP contribution in [0.5, 0.6) is 0 Å². The Balaban J connectivity index is 0.00000210. The van der Waals surface area contributed by atoms with Gasteiger partial charge in [-0.1, -0.05) is 15.9 Å². The van der Waals surface area contributed by atoms with E-state index in [0.717, 1.165) is 28.5 Å². The smallest absolute Gasteiger partial charge is 0.193 e. The average Bonchev–Trinajstić information content (AvgIpc) is 3.00. The number of nitrogens with zero attached hydrogens (tertiary/aromatic N) is 2. The molecule has 4 rings (SSSR count). The lowest BCUT2D eigenvalue weighted by Crippen LogP contribution is -3.00. The largest absolute Gasteiger partial charge is 1.00 e. The zero-order valence-corrected chi connectivity index (χ0v) is 18.4. The standard InChI is InChI=1S/C22H20BrN2O.BrH/c1-3-24-12-11-21-19(14-24)18-13-16(7-10-20(18)25(21)4-2)22(26)15-5-8-17(23)9-6-15;/h5-14H,3-4H2,1-2H3;1H/q+1;/p-1. The average molecular weight is 488 g/mol. The Hall–Kier alpha value is -1.98. The summed E-state index contributed by atoms with van der Waals surface area (Å²) in [4.78, 5) is 12.9. The highest BCUT2D eigenvalue weighted by Gasteiger charge is 2.16. The van der Waals surface area contributed by atoms with Gasteiger partial charge in [0.25, 0.3) is 0 Å². The van der Waals surface area contributed by atoms with Crippen LogP contribution in [0.15, 0.2) is 65.4 Å². The topological polar surface area (TPSA) is 25.9 Å². The Kier molecular flexibility index (Phi) is 5.82. The lowest BCUT2D eigenvalue weighted by Gasteiger charge is -2.04. The van der Waals surface area contributed by atoms with Crippen LogP contribution in [0.4, 0.5) is 0 Å². The fourth-order valence-electron chi connectivity index (χ4n) is 3.54. The quantitative estimate of drug-likeness (QED) is 0.320. The van der Waals surface area contributed by atoms with E-state index in [9.17, 15) is 4.79 Å². The molecule has 0 saturated heterocycles. The fraction of sp³-hybridized carbons (Fsp3) is 0.182. The van der Waals surface area contributed by atoms with Gasteiger partial charge in [0.2, 0.25) is 0 Å². The molecule has 0 bridgehead atoms.